The molecule has 0 bridgehead atoms. The molecule has 7 rings (SSSR count). The molecule has 0 saturated heterocycles. The maximum Gasteiger partial charge on any atom is 1.00 e. The third-order valence-corrected chi connectivity index (χ3v) is 8.91. The Morgan fingerprint density at radius 3 is 1.30 bits per heavy atom. The van der Waals surface area contributed by atoms with E-state index in [0.717, 1.165) is 33.8 Å². The molecule has 4 heteroatoms. The van der Waals surface area contributed by atoms with Gasteiger partial charge < -0.3 is 4.98 Å². The Labute approximate surface area is 296 Å². The Hall–Kier alpha value is -3.98. The third kappa shape index (κ3) is 6.86. The SMILES string of the molecule is CC(C)(C)c1cccc([N+]2=C=[N+](c3cccc(C(C)(C)C)c3)c3ccccc32)c1.Cc1cc(C)c2[n-]c3c(C)cc(C)cc3c2c1.[Au+]. The molecule has 0 aliphatic carbocycles. The number of para-hydroxylation sites is 2. The molecule has 0 unspecified atom stereocenters. The summed E-state index contributed by atoms with van der Waals surface area (Å²) in [6.45, 7) is 22.1. The average Bonchev–Trinajstić information content (AvgIpc) is 3.57. The summed E-state index contributed by atoms with van der Waals surface area (Å²) in [4.78, 5) is 4.80. The number of aryl methyl sites for hydroxylation is 4. The zero-order valence-electron chi connectivity index (χ0n) is 29.4. The van der Waals surface area contributed by atoms with E-state index in [1.54, 1.807) is 0 Å². The number of rotatable bonds is 2. The van der Waals surface area contributed by atoms with Crippen molar-refractivity contribution in [3.63, 3.8) is 0 Å². The van der Waals surface area contributed by atoms with Gasteiger partial charge >= 0.3 is 28.4 Å². The van der Waals surface area contributed by atoms with Gasteiger partial charge in [-0.1, -0.05) is 124 Å². The normalized spacial score (nSPS) is 12.6. The first-order valence-corrected chi connectivity index (χ1v) is 16.3. The molecule has 0 fully saturated rings. The van der Waals surface area contributed by atoms with E-state index in [4.69, 9.17) is 4.98 Å². The van der Waals surface area contributed by atoms with Gasteiger partial charge in [0.2, 0.25) is 11.4 Å². The second-order valence-corrected chi connectivity index (χ2v) is 14.9. The summed E-state index contributed by atoms with van der Waals surface area (Å²) in [6, 6.07) is 38.6. The Bertz CT molecular complexity index is 2040. The number of nitrogens with zero attached hydrogens (tertiary/aromatic N) is 3. The summed E-state index contributed by atoms with van der Waals surface area (Å²) in [5.41, 5.74) is 14.9. The van der Waals surface area contributed by atoms with Gasteiger partial charge in [-0.05, 0) is 69.6 Å². The van der Waals surface area contributed by atoms with Gasteiger partial charge in [0.15, 0.2) is 0 Å². The zero-order valence-corrected chi connectivity index (χ0v) is 31.5. The molecule has 47 heavy (non-hydrogen) atoms. The first kappa shape index (κ1) is 34.4. The van der Waals surface area contributed by atoms with E-state index in [-0.39, 0.29) is 33.2 Å². The van der Waals surface area contributed by atoms with Gasteiger partial charge in [0.25, 0.3) is 11.4 Å². The van der Waals surface area contributed by atoms with E-state index in [9.17, 15) is 0 Å². The molecule has 1 aromatic heterocycles. The molecule has 3 nitrogen and oxygen atoms in total. The molecule has 0 radical (unpaired) electrons. The van der Waals surface area contributed by atoms with Gasteiger partial charge in [0.05, 0.1) is 0 Å². The molecule has 6 aromatic rings. The van der Waals surface area contributed by atoms with Crippen LogP contribution >= 0.6 is 0 Å². The first-order chi connectivity index (χ1) is 21.7. The number of aromatic nitrogens is 1. The number of fused-ring (bicyclic) bond motifs is 4. The molecule has 0 N–H and O–H groups in total. The first-order valence-electron chi connectivity index (χ1n) is 16.3. The minimum atomic E-state index is 0. The topological polar surface area (TPSA) is 20.1 Å². The van der Waals surface area contributed by atoms with Crippen LogP contribution in [0.15, 0.2) is 97.1 Å². The largest absolute Gasteiger partial charge is 1.00 e. The van der Waals surface area contributed by atoms with Crippen molar-refractivity contribution >= 4 is 50.6 Å². The second-order valence-electron chi connectivity index (χ2n) is 14.9. The summed E-state index contributed by atoms with van der Waals surface area (Å²) in [6.07, 6.45) is 0. The molecule has 0 saturated carbocycles. The van der Waals surface area contributed by atoms with Crippen molar-refractivity contribution < 1.29 is 22.4 Å². The Kier molecular flexibility index (Phi) is 9.43. The van der Waals surface area contributed by atoms with E-state index in [1.165, 1.54) is 44.2 Å². The number of hydrogen-bond donors (Lipinski definition) is 0. The molecule has 1 aliphatic heterocycles. The van der Waals surface area contributed by atoms with Crippen molar-refractivity contribution in [3.05, 3.63) is 130 Å². The van der Waals surface area contributed by atoms with Gasteiger partial charge in [-0.3, -0.25) is 0 Å². The van der Waals surface area contributed by atoms with Crippen LogP contribution in [-0.2, 0) is 33.2 Å². The van der Waals surface area contributed by atoms with Gasteiger partial charge in [-0.2, -0.15) is 0 Å². The fourth-order valence-corrected chi connectivity index (χ4v) is 6.41. The van der Waals surface area contributed by atoms with Crippen LogP contribution in [-0.4, -0.2) is 6.01 Å². The summed E-state index contributed by atoms with van der Waals surface area (Å²) in [7, 11) is 0. The Morgan fingerprint density at radius 2 is 0.915 bits per heavy atom. The van der Waals surface area contributed by atoms with Crippen LogP contribution < -0.4 is 14.1 Å². The number of hydrogen-bond acceptors (Lipinski definition) is 0. The monoisotopic (exact) mass is 801 g/mol. The molecule has 242 valence electrons. The molecule has 1 aliphatic rings. The van der Waals surface area contributed by atoms with E-state index in [0.29, 0.717) is 0 Å². The van der Waals surface area contributed by atoms with Crippen molar-refractivity contribution in [2.24, 2.45) is 0 Å². The summed E-state index contributed by atoms with van der Waals surface area (Å²) in [5.74, 6) is 0. The summed E-state index contributed by atoms with van der Waals surface area (Å²) < 4.78 is 4.35. The zero-order chi connectivity index (χ0) is 33.0. The van der Waals surface area contributed by atoms with Gasteiger partial charge in [0, 0.05) is 36.4 Å². The molecule has 5 aromatic carbocycles. The van der Waals surface area contributed by atoms with Crippen LogP contribution in [0, 0.1) is 27.7 Å². The van der Waals surface area contributed by atoms with Crippen molar-refractivity contribution in [3.8, 4) is 0 Å². The summed E-state index contributed by atoms with van der Waals surface area (Å²) in [5, 5.41) is 2.59. The van der Waals surface area contributed by atoms with Crippen molar-refractivity contribution in [1.29, 1.82) is 0 Å². The maximum atomic E-state index is 4.80. The Morgan fingerprint density at radius 1 is 0.511 bits per heavy atom. The van der Waals surface area contributed by atoms with Crippen molar-refractivity contribution in [2.75, 3.05) is 0 Å². The van der Waals surface area contributed by atoms with E-state index in [2.05, 4.69) is 181 Å². The van der Waals surface area contributed by atoms with Crippen LogP contribution in [0.3, 0.4) is 0 Å². The Balaban J connectivity index is 0.000000205. The summed E-state index contributed by atoms with van der Waals surface area (Å²) >= 11 is 0. The van der Waals surface area contributed by atoms with Gasteiger partial charge in [0.1, 0.15) is 0 Å². The minimum absolute atomic E-state index is 0. The molecule has 0 spiro atoms. The predicted molar refractivity (Wildman–Crippen MR) is 198 cm³/mol. The molecule has 2 heterocycles. The van der Waals surface area contributed by atoms with Crippen molar-refractivity contribution in [1.82, 2.24) is 14.1 Å². The quantitative estimate of drug-likeness (QED) is 0.126. The molecular formula is C43H46AuN3+2. The molecule has 0 amide bonds. The standard InChI is InChI=1S/C27H30N2.C16H16N.Au/c1-26(2,3)20-11-9-13-22(17-20)28-19-29(25-16-8-7-15-24(25)28)23-14-10-12-21(18-23)27(4,5)6;1-9-5-11(3)15-13(7-9)14-8-10(2)6-12(4)16(14)17-15;/h7-18H,1-6H3;5-8H,1-4H3;/q+2;-1;+1. The number of benzene rings is 5. The van der Waals surface area contributed by atoms with Crippen LogP contribution in [0.2, 0.25) is 0 Å². The van der Waals surface area contributed by atoms with Crippen LogP contribution in [0.1, 0.15) is 74.9 Å². The van der Waals surface area contributed by atoms with Gasteiger partial charge in [-0.25, -0.2) is 0 Å². The molecular weight excluding hydrogens is 755 g/mol. The van der Waals surface area contributed by atoms with Crippen LogP contribution in [0.4, 0.5) is 22.7 Å². The third-order valence-electron chi connectivity index (χ3n) is 8.91. The average molecular weight is 802 g/mol. The van der Waals surface area contributed by atoms with E-state index in [1.807, 2.05) is 0 Å². The minimum Gasteiger partial charge on any atom is -0.656 e. The molecule has 0 atom stereocenters. The van der Waals surface area contributed by atoms with Crippen molar-refractivity contribution in [2.45, 2.75) is 80.1 Å². The van der Waals surface area contributed by atoms with Gasteiger partial charge in [-0.15, -0.1) is 11.0 Å². The maximum absolute atomic E-state index is 4.80. The fraction of sp³-hybridized carbons (Fsp3) is 0.279. The second kappa shape index (κ2) is 12.9. The smallest absolute Gasteiger partial charge is 0.656 e. The predicted octanol–water partition coefficient (Wildman–Crippen LogP) is 11.3. The van der Waals surface area contributed by atoms with E-state index < -0.39 is 0 Å². The van der Waals surface area contributed by atoms with E-state index >= 15 is 0 Å². The van der Waals surface area contributed by atoms with Crippen LogP contribution in [0.5, 0.6) is 0 Å². The van der Waals surface area contributed by atoms with Crippen LogP contribution in [0.25, 0.3) is 21.8 Å². The fourth-order valence-electron chi connectivity index (χ4n) is 6.41.